The van der Waals surface area contributed by atoms with E-state index in [0.717, 1.165) is 24.3 Å². The van der Waals surface area contributed by atoms with Crippen LogP contribution in [-0.4, -0.2) is 14.3 Å². The Morgan fingerprint density at radius 2 is 2.28 bits per heavy atom. The summed E-state index contributed by atoms with van der Waals surface area (Å²) < 4.78 is 8.60. The molecule has 0 aliphatic carbocycles. The van der Waals surface area contributed by atoms with Crippen LogP contribution in [0.1, 0.15) is 24.7 Å². The SMILES string of the molecule is CCCc1ccc2c(c1)-n1c(nn(C)c1=O)CO2. The van der Waals surface area contributed by atoms with E-state index in [-0.39, 0.29) is 5.69 Å². The van der Waals surface area contributed by atoms with Crippen molar-refractivity contribution in [1.29, 1.82) is 0 Å². The minimum Gasteiger partial charge on any atom is -0.483 e. The maximum Gasteiger partial charge on any atom is 0.350 e. The van der Waals surface area contributed by atoms with Gasteiger partial charge in [-0.3, -0.25) is 0 Å². The van der Waals surface area contributed by atoms with Crippen LogP contribution in [0.4, 0.5) is 0 Å². The Morgan fingerprint density at radius 1 is 1.44 bits per heavy atom. The zero-order chi connectivity index (χ0) is 12.7. The molecular weight excluding hydrogens is 230 g/mol. The van der Waals surface area contributed by atoms with Crippen molar-refractivity contribution in [2.24, 2.45) is 7.05 Å². The summed E-state index contributed by atoms with van der Waals surface area (Å²) in [5.74, 6) is 1.40. The molecule has 0 N–H and O–H groups in total. The lowest BCUT2D eigenvalue weighted by Gasteiger charge is -2.18. The molecule has 0 saturated carbocycles. The minimum atomic E-state index is -0.122. The summed E-state index contributed by atoms with van der Waals surface area (Å²) in [7, 11) is 1.66. The molecular formula is C13H15N3O2. The van der Waals surface area contributed by atoms with Gasteiger partial charge in [0.15, 0.2) is 5.82 Å². The first-order chi connectivity index (χ1) is 8.70. The lowest BCUT2D eigenvalue weighted by molar-refractivity contribution is 0.278. The molecule has 1 aliphatic heterocycles. The van der Waals surface area contributed by atoms with E-state index >= 15 is 0 Å². The van der Waals surface area contributed by atoms with Gasteiger partial charge in [0.25, 0.3) is 0 Å². The topological polar surface area (TPSA) is 49.0 Å². The van der Waals surface area contributed by atoms with Crippen molar-refractivity contribution in [2.75, 3.05) is 0 Å². The lowest BCUT2D eigenvalue weighted by atomic mass is 10.1. The van der Waals surface area contributed by atoms with E-state index in [1.807, 2.05) is 12.1 Å². The molecule has 0 saturated heterocycles. The van der Waals surface area contributed by atoms with Crippen LogP contribution in [0.3, 0.4) is 0 Å². The molecule has 1 aromatic carbocycles. The first kappa shape index (κ1) is 11.1. The summed E-state index contributed by atoms with van der Waals surface area (Å²) in [5, 5.41) is 4.17. The number of aromatic nitrogens is 3. The van der Waals surface area contributed by atoms with Crippen molar-refractivity contribution in [3.8, 4) is 11.4 Å². The van der Waals surface area contributed by atoms with Crippen molar-refractivity contribution >= 4 is 0 Å². The van der Waals surface area contributed by atoms with Gasteiger partial charge in [-0.05, 0) is 24.1 Å². The number of rotatable bonds is 2. The fourth-order valence-electron chi connectivity index (χ4n) is 2.30. The van der Waals surface area contributed by atoms with Gasteiger partial charge < -0.3 is 4.74 Å². The van der Waals surface area contributed by atoms with E-state index in [4.69, 9.17) is 4.74 Å². The summed E-state index contributed by atoms with van der Waals surface area (Å²) in [4.78, 5) is 12.1. The Kier molecular flexibility index (Phi) is 2.47. The van der Waals surface area contributed by atoms with E-state index in [9.17, 15) is 4.79 Å². The third kappa shape index (κ3) is 1.54. The molecule has 0 bridgehead atoms. The van der Waals surface area contributed by atoms with Gasteiger partial charge in [-0.25, -0.2) is 14.0 Å². The molecule has 18 heavy (non-hydrogen) atoms. The van der Waals surface area contributed by atoms with E-state index < -0.39 is 0 Å². The molecule has 2 heterocycles. The van der Waals surface area contributed by atoms with E-state index in [0.29, 0.717) is 12.4 Å². The van der Waals surface area contributed by atoms with Crippen molar-refractivity contribution < 1.29 is 4.74 Å². The Morgan fingerprint density at radius 3 is 3.06 bits per heavy atom. The van der Waals surface area contributed by atoms with Crippen molar-refractivity contribution in [3.05, 3.63) is 40.1 Å². The number of ether oxygens (including phenoxy) is 1. The van der Waals surface area contributed by atoms with Crippen molar-refractivity contribution in [2.45, 2.75) is 26.4 Å². The molecule has 0 radical (unpaired) electrons. The van der Waals surface area contributed by atoms with Crippen molar-refractivity contribution in [3.63, 3.8) is 0 Å². The molecule has 94 valence electrons. The standard InChI is InChI=1S/C13H15N3O2/c1-3-4-9-5-6-11-10(7-9)16-12(8-18-11)14-15(2)13(16)17/h5-7H,3-4,8H2,1-2H3. The van der Waals surface area contributed by atoms with Gasteiger partial charge in [0.2, 0.25) is 0 Å². The fraction of sp³-hybridized carbons (Fsp3) is 0.385. The quantitative estimate of drug-likeness (QED) is 0.804. The molecule has 5 heteroatoms. The second kappa shape index (κ2) is 4.01. The fourth-order valence-corrected chi connectivity index (χ4v) is 2.30. The molecule has 2 aromatic rings. The predicted molar refractivity (Wildman–Crippen MR) is 67.1 cm³/mol. The van der Waals surface area contributed by atoms with Gasteiger partial charge in [-0.1, -0.05) is 19.4 Å². The first-order valence-corrected chi connectivity index (χ1v) is 6.11. The maximum absolute atomic E-state index is 12.1. The smallest absolute Gasteiger partial charge is 0.350 e. The van der Waals surface area contributed by atoms with Gasteiger partial charge in [0, 0.05) is 7.05 Å². The zero-order valence-electron chi connectivity index (χ0n) is 10.5. The van der Waals surface area contributed by atoms with Gasteiger partial charge in [0.05, 0.1) is 5.69 Å². The van der Waals surface area contributed by atoms with E-state index in [1.54, 1.807) is 11.6 Å². The van der Waals surface area contributed by atoms with Crippen LogP contribution >= 0.6 is 0 Å². The highest BCUT2D eigenvalue weighted by molar-refractivity contribution is 5.51. The number of aryl methyl sites for hydroxylation is 2. The second-order valence-corrected chi connectivity index (χ2v) is 4.50. The average Bonchev–Trinajstić information content (AvgIpc) is 2.66. The summed E-state index contributed by atoms with van der Waals surface area (Å²) >= 11 is 0. The molecule has 0 atom stereocenters. The van der Waals surface area contributed by atoms with Crippen molar-refractivity contribution in [1.82, 2.24) is 14.3 Å². The van der Waals surface area contributed by atoms with Crippen LogP contribution in [0, 0.1) is 0 Å². The highest BCUT2D eigenvalue weighted by Crippen LogP contribution is 2.28. The molecule has 1 aromatic heterocycles. The first-order valence-electron chi connectivity index (χ1n) is 6.11. The normalized spacial score (nSPS) is 12.8. The molecule has 3 rings (SSSR count). The van der Waals surface area contributed by atoms with Crippen LogP contribution in [-0.2, 0) is 20.1 Å². The predicted octanol–water partition coefficient (Wildman–Crippen LogP) is 1.42. The highest BCUT2D eigenvalue weighted by atomic mass is 16.5. The van der Waals surface area contributed by atoms with Gasteiger partial charge >= 0.3 is 5.69 Å². The molecule has 0 unspecified atom stereocenters. The summed E-state index contributed by atoms with van der Waals surface area (Å²) in [6.07, 6.45) is 2.08. The lowest BCUT2D eigenvalue weighted by Crippen LogP contribution is -2.25. The summed E-state index contributed by atoms with van der Waals surface area (Å²) in [6.45, 7) is 2.48. The third-order valence-corrected chi connectivity index (χ3v) is 3.15. The third-order valence-electron chi connectivity index (χ3n) is 3.15. The number of fused-ring (bicyclic) bond motifs is 3. The molecule has 5 nitrogen and oxygen atoms in total. The molecule has 0 fully saturated rings. The van der Waals surface area contributed by atoms with Gasteiger partial charge in [0.1, 0.15) is 12.4 Å². The Hall–Kier alpha value is -2.04. The molecule has 0 spiro atoms. The Labute approximate surface area is 105 Å². The van der Waals surface area contributed by atoms with Gasteiger partial charge in [-0.15, -0.1) is 0 Å². The maximum atomic E-state index is 12.1. The van der Waals surface area contributed by atoms with Crippen LogP contribution < -0.4 is 10.4 Å². The average molecular weight is 245 g/mol. The van der Waals surface area contributed by atoms with Gasteiger partial charge in [-0.2, -0.15) is 5.10 Å². The van der Waals surface area contributed by atoms with Crippen LogP contribution in [0.25, 0.3) is 5.69 Å². The highest BCUT2D eigenvalue weighted by Gasteiger charge is 2.22. The van der Waals surface area contributed by atoms with E-state index in [2.05, 4.69) is 18.1 Å². The summed E-state index contributed by atoms with van der Waals surface area (Å²) in [6, 6.07) is 6.00. The number of benzene rings is 1. The molecule has 1 aliphatic rings. The zero-order valence-corrected chi connectivity index (χ0v) is 10.5. The molecule has 0 amide bonds. The number of hydrogen-bond acceptors (Lipinski definition) is 3. The van der Waals surface area contributed by atoms with Crippen LogP contribution in [0.15, 0.2) is 23.0 Å². The van der Waals surface area contributed by atoms with Crippen LogP contribution in [0.5, 0.6) is 5.75 Å². The monoisotopic (exact) mass is 245 g/mol. The number of nitrogens with zero attached hydrogens (tertiary/aromatic N) is 3. The van der Waals surface area contributed by atoms with E-state index in [1.165, 1.54) is 10.2 Å². The second-order valence-electron chi connectivity index (χ2n) is 4.50. The minimum absolute atomic E-state index is 0.122. The Balaban J connectivity index is 2.21. The summed E-state index contributed by atoms with van der Waals surface area (Å²) in [5.41, 5.74) is 1.90. The Bertz CT molecular complexity index is 655. The number of hydrogen-bond donors (Lipinski definition) is 0. The van der Waals surface area contributed by atoms with Crippen LogP contribution in [0.2, 0.25) is 0 Å². The largest absolute Gasteiger partial charge is 0.483 e.